The third kappa shape index (κ3) is 3.17. The molecule has 0 bridgehead atoms. The van der Waals surface area contributed by atoms with E-state index in [1.54, 1.807) is 0 Å². The quantitative estimate of drug-likeness (QED) is 0.761. The van der Waals surface area contributed by atoms with Gasteiger partial charge >= 0.3 is 0 Å². The SMILES string of the molecule is CCc1nc(NCC2CCCO2)c2c(C)nn(-c3ccc(C)cc3)c2n1. The van der Waals surface area contributed by atoms with Gasteiger partial charge in [0.05, 0.1) is 22.9 Å². The lowest BCUT2D eigenvalue weighted by atomic mass is 10.2. The second-order valence-electron chi connectivity index (χ2n) is 6.89. The van der Waals surface area contributed by atoms with Gasteiger partial charge in [-0.05, 0) is 38.8 Å². The number of hydrogen-bond acceptors (Lipinski definition) is 5. The summed E-state index contributed by atoms with van der Waals surface area (Å²) in [6, 6.07) is 8.34. The third-order valence-electron chi connectivity index (χ3n) is 4.86. The fourth-order valence-electron chi connectivity index (χ4n) is 3.40. The van der Waals surface area contributed by atoms with Crippen molar-refractivity contribution in [3.63, 3.8) is 0 Å². The molecule has 1 aliphatic rings. The van der Waals surface area contributed by atoms with Crippen LogP contribution < -0.4 is 5.32 Å². The minimum Gasteiger partial charge on any atom is -0.376 e. The van der Waals surface area contributed by atoms with Crippen LogP contribution in [0.3, 0.4) is 0 Å². The molecular weight excluding hydrogens is 326 g/mol. The molecule has 3 heterocycles. The number of nitrogens with zero attached hydrogens (tertiary/aromatic N) is 4. The maximum absolute atomic E-state index is 5.73. The summed E-state index contributed by atoms with van der Waals surface area (Å²) in [6.07, 6.45) is 3.28. The first-order valence-electron chi connectivity index (χ1n) is 9.34. The Bertz CT molecular complexity index is 910. The summed E-state index contributed by atoms with van der Waals surface area (Å²) in [5, 5.41) is 9.22. The molecule has 1 aromatic carbocycles. The van der Waals surface area contributed by atoms with Crippen molar-refractivity contribution in [1.29, 1.82) is 0 Å². The summed E-state index contributed by atoms with van der Waals surface area (Å²) in [7, 11) is 0. The summed E-state index contributed by atoms with van der Waals surface area (Å²) in [6.45, 7) is 7.80. The van der Waals surface area contributed by atoms with E-state index >= 15 is 0 Å². The zero-order valence-electron chi connectivity index (χ0n) is 15.6. The van der Waals surface area contributed by atoms with Crippen molar-refractivity contribution in [3.05, 3.63) is 41.3 Å². The first kappa shape index (κ1) is 17.0. The van der Waals surface area contributed by atoms with Gasteiger partial charge in [-0.1, -0.05) is 24.6 Å². The Morgan fingerprint density at radius 1 is 1.19 bits per heavy atom. The Balaban J connectivity index is 1.77. The van der Waals surface area contributed by atoms with Crippen LogP contribution in [0.1, 0.15) is 36.8 Å². The Morgan fingerprint density at radius 2 is 2.00 bits per heavy atom. The van der Waals surface area contributed by atoms with E-state index in [0.717, 1.165) is 66.5 Å². The van der Waals surface area contributed by atoms with E-state index in [2.05, 4.69) is 43.4 Å². The van der Waals surface area contributed by atoms with Crippen molar-refractivity contribution >= 4 is 16.9 Å². The second kappa shape index (κ2) is 7.03. The number of nitrogens with one attached hydrogen (secondary N) is 1. The Labute approximate surface area is 153 Å². The van der Waals surface area contributed by atoms with E-state index in [-0.39, 0.29) is 6.10 Å². The molecule has 1 fully saturated rings. The molecule has 0 amide bonds. The molecule has 4 rings (SSSR count). The molecule has 0 radical (unpaired) electrons. The molecule has 26 heavy (non-hydrogen) atoms. The number of benzene rings is 1. The highest BCUT2D eigenvalue weighted by Gasteiger charge is 2.20. The van der Waals surface area contributed by atoms with E-state index < -0.39 is 0 Å². The molecule has 3 aromatic rings. The highest BCUT2D eigenvalue weighted by atomic mass is 16.5. The molecule has 2 aromatic heterocycles. The van der Waals surface area contributed by atoms with Gasteiger partial charge in [0.1, 0.15) is 11.6 Å². The number of hydrogen-bond donors (Lipinski definition) is 1. The molecule has 1 unspecified atom stereocenters. The van der Waals surface area contributed by atoms with Gasteiger partial charge in [0.25, 0.3) is 0 Å². The molecular formula is C20H25N5O. The molecule has 0 saturated carbocycles. The molecule has 1 N–H and O–H groups in total. The summed E-state index contributed by atoms with van der Waals surface area (Å²) in [5.41, 5.74) is 4.02. The lowest BCUT2D eigenvalue weighted by Gasteiger charge is -2.13. The molecule has 136 valence electrons. The molecule has 6 nitrogen and oxygen atoms in total. The molecule has 1 atom stereocenters. The van der Waals surface area contributed by atoms with E-state index in [1.165, 1.54) is 5.56 Å². The van der Waals surface area contributed by atoms with Gasteiger partial charge in [-0.15, -0.1) is 0 Å². The van der Waals surface area contributed by atoms with Crippen LogP contribution >= 0.6 is 0 Å². The van der Waals surface area contributed by atoms with E-state index in [4.69, 9.17) is 19.8 Å². The predicted molar refractivity (Wildman–Crippen MR) is 103 cm³/mol. The fourth-order valence-corrected chi connectivity index (χ4v) is 3.40. The zero-order valence-corrected chi connectivity index (χ0v) is 15.6. The molecule has 0 aliphatic carbocycles. The van der Waals surface area contributed by atoms with Crippen molar-refractivity contribution in [1.82, 2.24) is 19.7 Å². The minimum atomic E-state index is 0.262. The average molecular weight is 351 g/mol. The van der Waals surface area contributed by atoms with Gasteiger partial charge in [0.15, 0.2) is 5.65 Å². The smallest absolute Gasteiger partial charge is 0.168 e. The highest BCUT2D eigenvalue weighted by Crippen LogP contribution is 2.27. The van der Waals surface area contributed by atoms with Crippen molar-refractivity contribution in [3.8, 4) is 5.69 Å². The first-order valence-corrected chi connectivity index (χ1v) is 9.34. The summed E-state index contributed by atoms with van der Waals surface area (Å²) in [5.74, 6) is 1.68. The normalized spacial score (nSPS) is 17.1. The lowest BCUT2D eigenvalue weighted by Crippen LogP contribution is -2.19. The van der Waals surface area contributed by atoms with Crippen molar-refractivity contribution in [2.45, 2.75) is 46.1 Å². The van der Waals surface area contributed by atoms with E-state index in [9.17, 15) is 0 Å². The van der Waals surface area contributed by atoms with Crippen molar-refractivity contribution in [2.75, 3.05) is 18.5 Å². The zero-order chi connectivity index (χ0) is 18.1. The highest BCUT2D eigenvalue weighted by molar-refractivity contribution is 5.90. The number of rotatable bonds is 5. The van der Waals surface area contributed by atoms with Crippen LogP contribution in [0.4, 0.5) is 5.82 Å². The Kier molecular flexibility index (Phi) is 4.59. The van der Waals surface area contributed by atoms with Crippen molar-refractivity contribution in [2.24, 2.45) is 0 Å². The number of anilines is 1. The third-order valence-corrected chi connectivity index (χ3v) is 4.86. The number of fused-ring (bicyclic) bond motifs is 1. The number of ether oxygens (including phenoxy) is 1. The molecule has 1 saturated heterocycles. The molecule has 0 spiro atoms. The maximum Gasteiger partial charge on any atom is 0.168 e. The largest absolute Gasteiger partial charge is 0.376 e. The Morgan fingerprint density at radius 3 is 2.69 bits per heavy atom. The van der Waals surface area contributed by atoms with Gasteiger partial charge in [-0.25, -0.2) is 14.6 Å². The van der Waals surface area contributed by atoms with Gasteiger partial charge in [0.2, 0.25) is 0 Å². The number of aryl methyl sites for hydroxylation is 3. The van der Waals surface area contributed by atoms with Crippen LogP contribution in [0.2, 0.25) is 0 Å². The molecule has 1 aliphatic heterocycles. The van der Waals surface area contributed by atoms with Crippen LogP contribution in [0.5, 0.6) is 0 Å². The van der Waals surface area contributed by atoms with Gasteiger partial charge in [0, 0.05) is 19.6 Å². The summed E-state index contributed by atoms with van der Waals surface area (Å²) >= 11 is 0. The minimum absolute atomic E-state index is 0.262. The van der Waals surface area contributed by atoms with Gasteiger partial charge in [-0.2, -0.15) is 5.10 Å². The van der Waals surface area contributed by atoms with Crippen LogP contribution in [-0.2, 0) is 11.2 Å². The van der Waals surface area contributed by atoms with Crippen LogP contribution in [0, 0.1) is 13.8 Å². The Hall–Kier alpha value is -2.47. The topological polar surface area (TPSA) is 64.9 Å². The van der Waals surface area contributed by atoms with Crippen LogP contribution in [0.25, 0.3) is 16.7 Å². The summed E-state index contributed by atoms with van der Waals surface area (Å²) < 4.78 is 7.65. The first-order chi connectivity index (χ1) is 12.7. The van der Waals surface area contributed by atoms with Gasteiger partial charge in [-0.3, -0.25) is 0 Å². The average Bonchev–Trinajstić information content (AvgIpc) is 3.28. The summed E-state index contributed by atoms with van der Waals surface area (Å²) in [4.78, 5) is 9.50. The van der Waals surface area contributed by atoms with E-state index in [1.807, 2.05) is 11.6 Å². The van der Waals surface area contributed by atoms with Crippen LogP contribution in [0.15, 0.2) is 24.3 Å². The lowest BCUT2D eigenvalue weighted by molar-refractivity contribution is 0.120. The fraction of sp³-hybridized carbons (Fsp3) is 0.450. The maximum atomic E-state index is 5.73. The molecule has 6 heteroatoms. The number of aromatic nitrogens is 4. The monoisotopic (exact) mass is 351 g/mol. The van der Waals surface area contributed by atoms with Crippen LogP contribution in [-0.4, -0.2) is 39.0 Å². The predicted octanol–water partition coefficient (Wildman–Crippen LogP) is 3.59. The van der Waals surface area contributed by atoms with Gasteiger partial charge < -0.3 is 10.1 Å². The standard InChI is InChI=1S/C20H25N5O/c1-4-17-22-19(21-12-16-6-5-11-26-16)18-14(3)24-25(20(18)23-17)15-9-7-13(2)8-10-15/h7-10,16H,4-6,11-12H2,1-3H3,(H,21,22,23). The van der Waals surface area contributed by atoms with Crippen molar-refractivity contribution < 1.29 is 4.74 Å². The second-order valence-corrected chi connectivity index (χ2v) is 6.89. The van der Waals surface area contributed by atoms with E-state index in [0.29, 0.717) is 0 Å².